The van der Waals surface area contributed by atoms with Crippen LogP contribution in [0.25, 0.3) is 0 Å². The van der Waals surface area contributed by atoms with Crippen LogP contribution < -0.4 is 10.0 Å². The van der Waals surface area contributed by atoms with Gasteiger partial charge in [-0.15, -0.1) is 0 Å². The second-order valence-corrected chi connectivity index (χ2v) is 8.10. The van der Waals surface area contributed by atoms with Crippen LogP contribution in [0.15, 0.2) is 53.4 Å². The first-order chi connectivity index (χ1) is 12.4. The fourth-order valence-electron chi connectivity index (χ4n) is 2.63. The lowest BCUT2D eigenvalue weighted by molar-refractivity contribution is 0.0858. The number of nitrogens with one attached hydrogen (secondary N) is 2. The molecule has 2 aromatic rings. The monoisotopic (exact) mass is 394 g/mol. The topological polar surface area (TPSA) is 84.5 Å². The molecule has 6 nitrogen and oxygen atoms in total. The minimum atomic E-state index is -3.71. The largest absolute Gasteiger partial charge is 0.376 e. The van der Waals surface area contributed by atoms with Gasteiger partial charge in [-0.2, -0.15) is 0 Å². The van der Waals surface area contributed by atoms with E-state index in [0.717, 1.165) is 19.4 Å². The van der Waals surface area contributed by atoms with Gasteiger partial charge in [-0.25, -0.2) is 8.42 Å². The quantitative estimate of drug-likeness (QED) is 0.788. The number of rotatable bonds is 6. The predicted molar refractivity (Wildman–Crippen MR) is 100 cm³/mol. The van der Waals surface area contributed by atoms with Crippen LogP contribution in [0.2, 0.25) is 5.02 Å². The number of sulfonamides is 1. The molecule has 3 rings (SSSR count). The molecule has 1 amide bonds. The number of hydrogen-bond acceptors (Lipinski definition) is 4. The summed E-state index contributed by atoms with van der Waals surface area (Å²) in [5.74, 6) is -0.215. The molecule has 26 heavy (non-hydrogen) atoms. The molecular weight excluding hydrogens is 376 g/mol. The molecule has 1 aliphatic rings. The summed E-state index contributed by atoms with van der Waals surface area (Å²) in [6, 6.07) is 12.1. The highest BCUT2D eigenvalue weighted by Crippen LogP contribution is 2.19. The van der Waals surface area contributed by atoms with Crippen LogP contribution in [0.3, 0.4) is 0 Å². The fourth-order valence-corrected chi connectivity index (χ4v) is 3.82. The summed E-state index contributed by atoms with van der Waals surface area (Å²) in [7, 11) is -3.71. The Hall–Kier alpha value is -2.09. The van der Waals surface area contributed by atoms with Crippen molar-refractivity contribution in [1.29, 1.82) is 0 Å². The highest BCUT2D eigenvalue weighted by molar-refractivity contribution is 7.92. The highest BCUT2D eigenvalue weighted by atomic mass is 35.5. The molecule has 2 N–H and O–H groups in total. The van der Waals surface area contributed by atoms with Gasteiger partial charge in [-0.1, -0.05) is 11.6 Å². The van der Waals surface area contributed by atoms with Crippen molar-refractivity contribution in [2.24, 2.45) is 0 Å². The molecule has 8 heteroatoms. The molecule has 0 aliphatic carbocycles. The summed E-state index contributed by atoms with van der Waals surface area (Å²) >= 11 is 5.78. The molecule has 2 aromatic carbocycles. The van der Waals surface area contributed by atoms with Crippen molar-refractivity contribution in [1.82, 2.24) is 5.32 Å². The smallest absolute Gasteiger partial charge is 0.261 e. The Kier molecular flexibility index (Phi) is 5.80. The van der Waals surface area contributed by atoms with Crippen LogP contribution in [0.1, 0.15) is 23.2 Å². The Bertz CT molecular complexity index is 861. The molecule has 1 heterocycles. The number of halogens is 1. The second-order valence-electron chi connectivity index (χ2n) is 5.98. The lowest BCUT2D eigenvalue weighted by Gasteiger charge is -2.11. The Balaban J connectivity index is 1.61. The maximum Gasteiger partial charge on any atom is 0.261 e. The SMILES string of the molecule is O=C(NC[C@@H]1CCCO1)c1ccc(NS(=O)(=O)c2ccc(Cl)cc2)cc1. The average Bonchev–Trinajstić information content (AvgIpc) is 3.14. The lowest BCUT2D eigenvalue weighted by Crippen LogP contribution is -2.31. The number of carbonyl (C=O) groups excluding carboxylic acids is 1. The number of hydrogen-bond donors (Lipinski definition) is 2. The van der Waals surface area contributed by atoms with Gasteiger partial charge in [0.05, 0.1) is 11.0 Å². The van der Waals surface area contributed by atoms with Gasteiger partial charge in [-0.05, 0) is 61.4 Å². The Labute approximate surface area is 157 Å². The van der Waals surface area contributed by atoms with E-state index in [4.69, 9.17) is 16.3 Å². The van der Waals surface area contributed by atoms with Gasteiger partial charge < -0.3 is 10.1 Å². The van der Waals surface area contributed by atoms with E-state index in [1.165, 1.54) is 24.3 Å². The van der Waals surface area contributed by atoms with Gasteiger partial charge >= 0.3 is 0 Å². The van der Waals surface area contributed by atoms with Crippen molar-refractivity contribution in [3.8, 4) is 0 Å². The summed E-state index contributed by atoms with van der Waals surface area (Å²) in [6.45, 7) is 1.22. The molecule has 1 fully saturated rings. The Morgan fingerprint density at radius 3 is 2.42 bits per heavy atom. The molecule has 0 saturated carbocycles. The van der Waals surface area contributed by atoms with E-state index in [1.807, 2.05) is 0 Å². The zero-order valence-electron chi connectivity index (χ0n) is 13.9. The van der Waals surface area contributed by atoms with Crippen molar-refractivity contribution in [3.05, 3.63) is 59.1 Å². The molecule has 138 valence electrons. The number of amides is 1. The van der Waals surface area contributed by atoms with E-state index in [9.17, 15) is 13.2 Å². The van der Waals surface area contributed by atoms with E-state index in [0.29, 0.717) is 22.8 Å². The third kappa shape index (κ3) is 4.75. The molecule has 1 atom stereocenters. The molecule has 1 saturated heterocycles. The van der Waals surface area contributed by atoms with Gasteiger partial charge in [0.1, 0.15) is 0 Å². The summed E-state index contributed by atoms with van der Waals surface area (Å²) in [5.41, 5.74) is 0.827. The highest BCUT2D eigenvalue weighted by Gasteiger charge is 2.17. The first-order valence-electron chi connectivity index (χ1n) is 8.22. The number of anilines is 1. The third-order valence-corrected chi connectivity index (χ3v) is 5.69. The molecule has 0 aromatic heterocycles. The summed E-state index contributed by atoms with van der Waals surface area (Å²) in [4.78, 5) is 12.2. The standard InChI is InChI=1S/C18H19ClN2O4S/c19-14-5-9-17(10-6-14)26(23,24)21-15-7-3-13(4-8-15)18(22)20-12-16-2-1-11-25-16/h3-10,16,21H,1-2,11-12H2,(H,20,22)/t16-/m0/s1. The van der Waals surface area contributed by atoms with Crippen LogP contribution >= 0.6 is 11.6 Å². The molecule has 1 aliphatic heterocycles. The number of benzene rings is 2. The summed E-state index contributed by atoms with van der Waals surface area (Å²) < 4.78 is 32.6. The van der Waals surface area contributed by atoms with Crippen LogP contribution in [0.5, 0.6) is 0 Å². The molecule has 0 unspecified atom stereocenters. The molecule has 0 radical (unpaired) electrons. The second kappa shape index (κ2) is 8.07. The minimum absolute atomic E-state index is 0.0735. The maximum atomic E-state index is 12.3. The Morgan fingerprint density at radius 1 is 1.12 bits per heavy atom. The average molecular weight is 395 g/mol. The van der Waals surface area contributed by atoms with E-state index in [-0.39, 0.29) is 16.9 Å². The van der Waals surface area contributed by atoms with Crippen LogP contribution in [0.4, 0.5) is 5.69 Å². The van der Waals surface area contributed by atoms with Crippen molar-refractivity contribution in [2.75, 3.05) is 17.9 Å². The molecular formula is C18H19ClN2O4S. The lowest BCUT2D eigenvalue weighted by atomic mass is 10.2. The normalized spacial score (nSPS) is 17.0. The van der Waals surface area contributed by atoms with Gasteiger partial charge in [0.15, 0.2) is 0 Å². The fraction of sp³-hybridized carbons (Fsp3) is 0.278. The van der Waals surface area contributed by atoms with Crippen molar-refractivity contribution in [3.63, 3.8) is 0 Å². The molecule has 0 bridgehead atoms. The Morgan fingerprint density at radius 2 is 1.81 bits per heavy atom. The minimum Gasteiger partial charge on any atom is -0.376 e. The van der Waals surface area contributed by atoms with E-state index in [2.05, 4.69) is 10.0 Å². The van der Waals surface area contributed by atoms with E-state index >= 15 is 0 Å². The zero-order chi connectivity index (χ0) is 18.6. The first-order valence-corrected chi connectivity index (χ1v) is 10.1. The van der Waals surface area contributed by atoms with Crippen molar-refractivity contribution < 1.29 is 17.9 Å². The van der Waals surface area contributed by atoms with Crippen molar-refractivity contribution in [2.45, 2.75) is 23.8 Å². The maximum absolute atomic E-state index is 12.3. The summed E-state index contributed by atoms with van der Waals surface area (Å²) in [6.07, 6.45) is 2.04. The zero-order valence-corrected chi connectivity index (χ0v) is 15.5. The van der Waals surface area contributed by atoms with Crippen LogP contribution in [-0.4, -0.2) is 33.6 Å². The summed E-state index contributed by atoms with van der Waals surface area (Å²) in [5, 5.41) is 3.29. The number of carbonyl (C=O) groups is 1. The van der Waals surface area contributed by atoms with Crippen LogP contribution in [0, 0.1) is 0 Å². The number of ether oxygens (including phenoxy) is 1. The van der Waals surface area contributed by atoms with Gasteiger partial charge in [0, 0.05) is 29.4 Å². The predicted octanol–water partition coefficient (Wildman–Crippen LogP) is 3.05. The third-order valence-electron chi connectivity index (χ3n) is 4.04. The van der Waals surface area contributed by atoms with E-state index < -0.39 is 10.0 Å². The van der Waals surface area contributed by atoms with Crippen LogP contribution in [-0.2, 0) is 14.8 Å². The van der Waals surface area contributed by atoms with Gasteiger partial charge in [0.2, 0.25) is 0 Å². The van der Waals surface area contributed by atoms with Crippen molar-refractivity contribution >= 4 is 33.2 Å². The first kappa shape index (κ1) is 18.7. The van der Waals surface area contributed by atoms with E-state index in [1.54, 1.807) is 24.3 Å². The van der Waals surface area contributed by atoms with Gasteiger partial charge in [-0.3, -0.25) is 9.52 Å². The molecule has 0 spiro atoms. The van der Waals surface area contributed by atoms with Gasteiger partial charge in [0.25, 0.3) is 15.9 Å².